The highest BCUT2D eigenvalue weighted by Crippen LogP contribution is 2.65. The van der Waals surface area contributed by atoms with E-state index in [-0.39, 0.29) is 0 Å². The zero-order valence-electron chi connectivity index (χ0n) is 26.8. The van der Waals surface area contributed by atoms with Crippen LogP contribution in [-0.4, -0.2) is 0 Å². The molecule has 226 valence electrons. The molecule has 0 atom stereocenters. The predicted octanol–water partition coefficient (Wildman–Crippen LogP) is 12.8. The monoisotopic (exact) mass is 618 g/mol. The van der Waals surface area contributed by atoms with Gasteiger partial charge in [0, 0.05) is 0 Å². The minimum Gasteiger partial charge on any atom is -0.0619 e. The van der Waals surface area contributed by atoms with Crippen LogP contribution in [0.2, 0.25) is 0 Å². The van der Waals surface area contributed by atoms with Gasteiger partial charge in [-0.2, -0.15) is 0 Å². The molecular formula is C49H30. The van der Waals surface area contributed by atoms with Crippen LogP contribution in [0.4, 0.5) is 0 Å². The maximum atomic E-state index is 2.55. The topological polar surface area (TPSA) is 0 Å². The molecule has 2 aliphatic rings. The third kappa shape index (κ3) is 3.48. The number of hydrogen-bond donors (Lipinski definition) is 0. The van der Waals surface area contributed by atoms with E-state index in [4.69, 9.17) is 0 Å². The van der Waals surface area contributed by atoms with Gasteiger partial charge in [0.05, 0.1) is 5.41 Å². The molecule has 0 nitrogen and oxygen atoms in total. The Hall–Kier alpha value is -6.24. The SMILES string of the molecule is c1ccc2c(c1)-c1ccccc1C21c2cc(-c3cccc4ccccc34)ccc2-c2c1cc(-c1cccc3ccccc13)c1ccccc21. The van der Waals surface area contributed by atoms with E-state index in [1.165, 1.54) is 99.1 Å². The summed E-state index contributed by atoms with van der Waals surface area (Å²) in [6.45, 7) is 0. The Kier molecular flexibility index (Phi) is 5.41. The van der Waals surface area contributed by atoms with Crippen molar-refractivity contribution in [2.75, 3.05) is 0 Å². The molecule has 0 heterocycles. The summed E-state index contributed by atoms with van der Waals surface area (Å²) < 4.78 is 0. The summed E-state index contributed by atoms with van der Waals surface area (Å²) in [5.41, 5.74) is 15.4. The van der Waals surface area contributed by atoms with E-state index < -0.39 is 5.41 Å². The molecule has 0 aromatic heterocycles. The van der Waals surface area contributed by atoms with Gasteiger partial charge in [0.25, 0.3) is 0 Å². The van der Waals surface area contributed by atoms with E-state index in [9.17, 15) is 0 Å². The summed E-state index contributed by atoms with van der Waals surface area (Å²) in [5, 5.41) is 7.69. The molecule has 0 saturated heterocycles. The Balaban J connectivity index is 1.31. The molecule has 0 N–H and O–H groups in total. The van der Waals surface area contributed by atoms with Gasteiger partial charge in [-0.3, -0.25) is 0 Å². The average Bonchev–Trinajstić information content (AvgIpc) is 3.64. The van der Waals surface area contributed by atoms with Crippen molar-refractivity contribution in [2.24, 2.45) is 0 Å². The van der Waals surface area contributed by atoms with Gasteiger partial charge in [0.15, 0.2) is 0 Å². The quantitative estimate of drug-likeness (QED) is 0.181. The molecule has 0 heteroatoms. The highest BCUT2D eigenvalue weighted by Gasteiger charge is 2.52. The van der Waals surface area contributed by atoms with Crippen LogP contribution in [0, 0.1) is 0 Å². The minimum absolute atomic E-state index is 0.457. The van der Waals surface area contributed by atoms with Gasteiger partial charge in [0.1, 0.15) is 0 Å². The van der Waals surface area contributed by atoms with Crippen molar-refractivity contribution >= 4 is 32.3 Å². The van der Waals surface area contributed by atoms with E-state index in [0.29, 0.717) is 0 Å². The first-order chi connectivity index (χ1) is 24.3. The smallest absolute Gasteiger partial charge is 0.0619 e. The molecule has 0 saturated carbocycles. The molecule has 0 fully saturated rings. The Labute approximate surface area is 285 Å². The largest absolute Gasteiger partial charge is 0.0726 e. The van der Waals surface area contributed by atoms with Crippen molar-refractivity contribution in [2.45, 2.75) is 5.41 Å². The summed E-state index contributed by atoms with van der Waals surface area (Å²) >= 11 is 0. The highest BCUT2D eigenvalue weighted by molar-refractivity contribution is 6.14. The summed E-state index contributed by atoms with van der Waals surface area (Å²) in [6.07, 6.45) is 0. The van der Waals surface area contributed by atoms with Gasteiger partial charge < -0.3 is 0 Å². The second-order valence-electron chi connectivity index (χ2n) is 13.5. The molecule has 49 heavy (non-hydrogen) atoms. The zero-order chi connectivity index (χ0) is 32.1. The Morgan fingerprint density at radius 2 is 0.776 bits per heavy atom. The van der Waals surface area contributed by atoms with E-state index in [1.807, 2.05) is 0 Å². The molecule has 0 radical (unpaired) electrons. The third-order valence-corrected chi connectivity index (χ3v) is 11.3. The maximum Gasteiger partial charge on any atom is 0.0726 e. The molecule has 11 rings (SSSR count). The first-order valence-electron chi connectivity index (χ1n) is 17.2. The summed E-state index contributed by atoms with van der Waals surface area (Å²) in [7, 11) is 0. The number of hydrogen-bond acceptors (Lipinski definition) is 0. The van der Waals surface area contributed by atoms with Crippen molar-refractivity contribution in [1.29, 1.82) is 0 Å². The molecule has 0 unspecified atom stereocenters. The predicted molar refractivity (Wildman–Crippen MR) is 206 cm³/mol. The van der Waals surface area contributed by atoms with Crippen LogP contribution < -0.4 is 0 Å². The first-order valence-corrected chi connectivity index (χ1v) is 17.2. The molecular weight excluding hydrogens is 589 g/mol. The lowest BCUT2D eigenvalue weighted by Crippen LogP contribution is -2.26. The van der Waals surface area contributed by atoms with Crippen LogP contribution >= 0.6 is 0 Å². The fourth-order valence-corrected chi connectivity index (χ4v) is 9.32. The Bertz CT molecular complexity index is 2780. The van der Waals surface area contributed by atoms with E-state index in [2.05, 4.69) is 182 Å². The van der Waals surface area contributed by atoms with Crippen molar-refractivity contribution in [3.8, 4) is 44.5 Å². The summed E-state index contributed by atoms with van der Waals surface area (Å²) in [5.74, 6) is 0. The van der Waals surface area contributed by atoms with Crippen LogP contribution in [0.15, 0.2) is 182 Å². The van der Waals surface area contributed by atoms with Gasteiger partial charge in [-0.15, -0.1) is 0 Å². The number of fused-ring (bicyclic) bond motifs is 14. The number of benzene rings is 9. The molecule has 0 bridgehead atoms. The second kappa shape index (κ2) is 9.89. The molecule has 0 aliphatic heterocycles. The minimum atomic E-state index is -0.457. The van der Waals surface area contributed by atoms with Crippen LogP contribution in [0.25, 0.3) is 76.8 Å². The van der Waals surface area contributed by atoms with Crippen LogP contribution in [0.3, 0.4) is 0 Å². The van der Waals surface area contributed by atoms with E-state index in [0.717, 1.165) is 0 Å². The second-order valence-corrected chi connectivity index (χ2v) is 13.5. The highest BCUT2D eigenvalue weighted by atomic mass is 14.5. The Morgan fingerprint density at radius 1 is 0.265 bits per heavy atom. The normalized spacial score (nSPS) is 13.5. The molecule has 9 aromatic rings. The number of rotatable bonds is 2. The molecule has 9 aromatic carbocycles. The first kappa shape index (κ1) is 26.8. The average molecular weight is 619 g/mol. The Morgan fingerprint density at radius 3 is 1.47 bits per heavy atom. The van der Waals surface area contributed by atoms with Crippen LogP contribution in [0.1, 0.15) is 22.3 Å². The van der Waals surface area contributed by atoms with Gasteiger partial charge in [0.2, 0.25) is 0 Å². The van der Waals surface area contributed by atoms with Gasteiger partial charge in [-0.1, -0.05) is 170 Å². The maximum absolute atomic E-state index is 2.55. The summed E-state index contributed by atoms with van der Waals surface area (Å²) in [6, 6.07) is 68.1. The zero-order valence-corrected chi connectivity index (χ0v) is 26.8. The van der Waals surface area contributed by atoms with E-state index >= 15 is 0 Å². The van der Waals surface area contributed by atoms with Gasteiger partial charge in [-0.05, 0) is 111 Å². The van der Waals surface area contributed by atoms with Crippen molar-refractivity contribution in [3.05, 3.63) is 204 Å². The lowest BCUT2D eigenvalue weighted by molar-refractivity contribution is 0.795. The third-order valence-electron chi connectivity index (χ3n) is 11.3. The fourth-order valence-electron chi connectivity index (χ4n) is 9.32. The van der Waals surface area contributed by atoms with Crippen molar-refractivity contribution in [3.63, 3.8) is 0 Å². The lowest BCUT2D eigenvalue weighted by atomic mass is 9.69. The molecule has 0 amide bonds. The molecule has 2 aliphatic carbocycles. The van der Waals surface area contributed by atoms with Gasteiger partial charge >= 0.3 is 0 Å². The fraction of sp³-hybridized carbons (Fsp3) is 0.0204. The van der Waals surface area contributed by atoms with Crippen LogP contribution in [0.5, 0.6) is 0 Å². The summed E-state index contributed by atoms with van der Waals surface area (Å²) in [4.78, 5) is 0. The molecule has 1 spiro atoms. The van der Waals surface area contributed by atoms with E-state index in [1.54, 1.807) is 0 Å². The standard InChI is InChI=1S/C49H30/c1-3-17-34-31(13-1)15-11-23-36(34)33-27-28-42-46(29-33)49(44-25-9-7-20-39(44)40-21-8-10-26-45(40)49)47-30-43(38-19-5-6-22-41(38)48(42)47)37-24-12-16-32-14-2-4-18-35(32)37/h1-30H. The lowest BCUT2D eigenvalue weighted by Gasteiger charge is -2.31. The van der Waals surface area contributed by atoms with Crippen molar-refractivity contribution in [1.82, 2.24) is 0 Å². The van der Waals surface area contributed by atoms with Crippen LogP contribution in [-0.2, 0) is 5.41 Å². The van der Waals surface area contributed by atoms with Gasteiger partial charge in [-0.25, -0.2) is 0 Å². The van der Waals surface area contributed by atoms with Crippen molar-refractivity contribution < 1.29 is 0 Å².